The Hall–Kier alpha value is -1.27. The minimum Gasteiger partial charge on any atom is -0.396 e. The molecule has 122 valence electrons. The molecule has 6 heteroatoms. The lowest BCUT2D eigenvalue weighted by molar-refractivity contribution is 0.216. The van der Waals surface area contributed by atoms with E-state index in [1.807, 2.05) is 11.3 Å². The summed E-state index contributed by atoms with van der Waals surface area (Å²) < 4.78 is 0. The molecule has 1 saturated carbocycles. The summed E-state index contributed by atoms with van der Waals surface area (Å²) in [7, 11) is 0. The van der Waals surface area contributed by atoms with Crippen LogP contribution in [0.3, 0.4) is 0 Å². The van der Waals surface area contributed by atoms with Crippen molar-refractivity contribution < 1.29 is 5.11 Å². The van der Waals surface area contributed by atoms with E-state index in [1.54, 1.807) is 0 Å². The molecular formula is C16H26N4OS. The van der Waals surface area contributed by atoms with Gasteiger partial charge in [0.05, 0.1) is 18.2 Å². The average Bonchev–Trinajstić information content (AvgIpc) is 3.13. The van der Waals surface area contributed by atoms with Gasteiger partial charge in [0.1, 0.15) is 0 Å². The molecular weight excluding hydrogens is 296 g/mol. The molecule has 5 nitrogen and oxygen atoms in total. The van der Waals surface area contributed by atoms with Crippen molar-refractivity contribution >= 4 is 22.3 Å². The third kappa shape index (κ3) is 3.55. The maximum absolute atomic E-state index is 9.44. The number of aliphatic hydroxyl groups excluding tert-OH is 1. The van der Waals surface area contributed by atoms with E-state index in [0.717, 1.165) is 58.1 Å². The number of anilines is 1. The van der Waals surface area contributed by atoms with Crippen LogP contribution in [-0.4, -0.2) is 61.8 Å². The normalized spacial score (nSPS) is 21.1. The number of aliphatic imine (C=N–C) groups is 1. The number of aliphatic hydroxyl groups is 1. The number of hydrogen-bond acceptors (Lipinski definition) is 4. The first-order valence-corrected chi connectivity index (χ1v) is 9.07. The molecule has 1 aromatic heterocycles. The molecule has 2 fully saturated rings. The largest absolute Gasteiger partial charge is 0.396 e. The Morgan fingerprint density at radius 3 is 2.68 bits per heavy atom. The van der Waals surface area contributed by atoms with Gasteiger partial charge >= 0.3 is 0 Å². The van der Waals surface area contributed by atoms with Crippen molar-refractivity contribution in [3.8, 4) is 0 Å². The molecule has 1 aliphatic carbocycles. The maximum atomic E-state index is 9.44. The van der Waals surface area contributed by atoms with Crippen molar-refractivity contribution in [2.75, 3.05) is 50.8 Å². The van der Waals surface area contributed by atoms with Gasteiger partial charge in [0.2, 0.25) is 0 Å². The highest BCUT2D eigenvalue weighted by molar-refractivity contribution is 7.14. The van der Waals surface area contributed by atoms with Gasteiger partial charge in [-0.05, 0) is 37.3 Å². The van der Waals surface area contributed by atoms with E-state index in [4.69, 9.17) is 4.99 Å². The standard InChI is InChI=1S/C16H26N4OS/c1-2-17-15(18-12-16(13-21)5-6-16)20-9-7-19(8-10-20)14-4-3-11-22-14/h3-4,11,21H,2,5-10,12-13H2,1H3,(H,17,18). The number of nitrogens with one attached hydrogen (secondary N) is 1. The number of guanidine groups is 1. The molecule has 0 radical (unpaired) electrons. The van der Waals surface area contributed by atoms with Crippen LogP contribution in [-0.2, 0) is 0 Å². The molecule has 0 unspecified atom stereocenters. The molecule has 0 aromatic carbocycles. The fraction of sp³-hybridized carbons (Fsp3) is 0.688. The summed E-state index contributed by atoms with van der Waals surface area (Å²) in [5, 5.41) is 16.3. The highest BCUT2D eigenvalue weighted by Crippen LogP contribution is 2.45. The van der Waals surface area contributed by atoms with Gasteiger partial charge in [-0.3, -0.25) is 4.99 Å². The fourth-order valence-electron chi connectivity index (χ4n) is 2.80. The second kappa shape index (κ2) is 6.87. The van der Waals surface area contributed by atoms with Gasteiger partial charge in [-0.15, -0.1) is 11.3 Å². The van der Waals surface area contributed by atoms with E-state index < -0.39 is 0 Å². The predicted octanol–water partition coefficient (Wildman–Crippen LogP) is 1.61. The van der Waals surface area contributed by atoms with Crippen LogP contribution in [0.5, 0.6) is 0 Å². The van der Waals surface area contributed by atoms with Crippen LogP contribution in [0.25, 0.3) is 0 Å². The van der Waals surface area contributed by atoms with Crippen molar-refractivity contribution in [2.24, 2.45) is 10.4 Å². The van der Waals surface area contributed by atoms with Gasteiger partial charge in [-0.25, -0.2) is 0 Å². The highest BCUT2D eigenvalue weighted by Gasteiger charge is 2.42. The number of hydrogen-bond donors (Lipinski definition) is 2. The summed E-state index contributed by atoms with van der Waals surface area (Å²) in [5.74, 6) is 1.01. The summed E-state index contributed by atoms with van der Waals surface area (Å²) in [6, 6.07) is 4.31. The molecule has 22 heavy (non-hydrogen) atoms. The first kappa shape index (κ1) is 15.6. The van der Waals surface area contributed by atoms with Gasteiger partial charge in [0, 0.05) is 38.1 Å². The first-order valence-electron chi connectivity index (χ1n) is 8.19. The molecule has 3 rings (SSSR count). The Morgan fingerprint density at radius 2 is 2.14 bits per heavy atom. The zero-order valence-corrected chi connectivity index (χ0v) is 14.1. The second-order valence-electron chi connectivity index (χ2n) is 6.25. The molecule has 1 aromatic rings. The van der Waals surface area contributed by atoms with E-state index in [2.05, 4.69) is 39.6 Å². The molecule has 0 bridgehead atoms. The van der Waals surface area contributed by atoms with Crippen LogP contribution in [0.2, 0.25) is 0 Å². The van der Waals surface area contributed by atoms with Gasteiger partial charge in [-0.1, -0.05) is 0 Å². The molecule has 0 atom stereocenters. The van der Waals surface area contributed by atoms with E-state index in [9.17, 15) is 5.11 Å². The monoisotopic (exact) mass is 322 g/mol. The van der Waals surface area contributed by atoms with Crippen LogP contribution in [0.4, 0.5) is 5.00 Å². The molecule has 2 aliphatic rings. The molecule has 2 N–H and O–H groups in total. The number of piperazine rings is 1. The summed E-state index contributed by atoms with van der Waals surface area (Å²) in [4.78, 5) is 9.58. The Morgan fingerprint density at radius 1 is 1.36 bits per heavy atom. The zero-order chi connectivity index (χ0) is 15.4. The lowest BCUT2D eigenvalue weighted by Gasteiger charge is -2.37. The van der Waals surface area contributed by atoms with Crippen LogP contribution < -0.4 is 10.2 Å². The van der Waals surface area contributed by atoms with Crippen LogP contribution >= 0.6 is 11.3 Å². The van der Waals surface area contributed by atoms with E-state index in [1.165, 1.54) is 5.00 Å². The lowest BCUT2D eigenvalue weighted by Crippen LogP contribution is -2.52. The lowest BCUT2D eigenvalue weighted by atomic mass is 10.1. The van der Waals surface area contributed by atoms with Gasteiger partial charge in [0.15, 0.2) is 5.96 Å². The summed E-state index contributed by atoms with van der Waals surface area (Å²) in [6.07, 6.45) is 2.22. The van der Waals surface area contributed by atoms with Crippen molar-refractivity contribution in [3.05, 3.63) is 17.5 Å². The summed E-state index contributed by atoms with van der Waals surface area (Å²) >= 11 is 1.81. The van der Waals surface area contributed by atoms with Crippen LogP contribution in [0, 0.1) is 5.41 Å². The van der Waals surface area contributed by atoms with Crippen molar-refractivity contribution in [3.63, 3.8) is 0 Å². The summed E-state index contributed by atoms with van der Waals surface area (Å²) in [6.45, 7) is 8.07. The smallest absolute Gasteiger partial charge is 0.194 e. The predicted molar refractivity (Wildman–Crippen MR) is 92.8 cm³/mol. The van der Waals surface area contributed by atoms with Crippen molar-refractivity contribution in [1.82, 2.24) is 10.2 Å². The van der Waals surface area contributed by atoms with Gasteiger partial charge in [0.25, 0.3) is 0 Å². The molecule has 2 heterocycles. The van der Waals surface area contributed by atoms with Gasteiger partial charge < -0.3 is 20.2 Å². The van der Waals surface area contributed by atoms with Gasteiger partial charge in [-0.2, -0.15) is 0 Å². The average molecular weight is 322 g/mol. The van der Waals surface area contributed by atoms with Crippen molar-refractivity contribution in [2.45, 2.75) is 19.8 Å². The third-order valence-electron chi connectivity index (χ3n) is 4.59. The molecule has 0 spiro atoms. The quantitative estimate of drug-likeness (QED) is 0.639. The molecule has 1 saturated heterocycles. The third-order valence-corrected chi connectivity index (χ3v) is 5.52. The number of nitrogens with zero attached hydrogens (tertiary/aromatic N) is 3. The summed E-state index contributed by atoms with van der Waals surface area (Å²) in [5.41, 5.74) is 0.0828. The van der Waals surface area contributed by atoms with E-state index in [0.29, 0.717) is 0 Å². The first-order chi connectivity index (χ1) is 10.8. The zero-order valence-electron chi connectivity index (χ0n) is 13.3. The topological polar surface area (TPSA) is 51.1 Å². The van der Waals surface area contributed by atoms with Crippen LogP contribution in [0.1, 0.15) is 19.8 Å². The Labute approximate surface area is 136 Å². The Kier molecular flexibility index (Phi) is 4.88. The number of rotatable bonds is 5. The minimum absolute atomic E-state index is 0.0828. The highest BCUT2D eigenvalue weighted by atomic mass is 32.1. The second-order valence-corrected chi connectivity index (χ2v) is 7.18. The molecule has 0 amide bonds. The minimum atomic E-state index is 0.0828. The molecule has 1 aliphatic heterocycles. The Bertz CT molecular complexity index is 490. The fourth-order valence-corrected chi connectivity index (χ4v) is 3.59. The maximum Gasteiger partial charge on any atom is 0.194 e. The van der Waals surface area contributed by atoms with Crippen molar-refractivity contribution in [1.29, 1.82) is 0 Å². The number of thiophene rings is 1. The SMILES string of the molecule is CCNC(=NCC1(CO)CC1)N1CCN(c2cccs2)CC1. The van der Waals surface area contributed by atoms with E-state index in [-0.39, 0.29) is 12.0 Å². The van der Waals surface area contributed by atoms with E-state index >= 15 is 0 Å². The Balaban J connectivity index is 1.57. The van der Waals surface area contributed by atoms with Crippen LogP contribution in [0.15, 0.2) is 22.5 Å².